The number of aryl methyl sites for hydroxylation is 1. The molecule has 1 heterocycles. The first-order valence-corrected chi connectivity index (χ1v) is 8.68. The third-order valence-electron chi connectivity index (χ3n) is 4.83. The number of amidine groups is 1. The van der Waals surface area contributed by atoms with Crippen molar-refractivity contribution in [1.29, 1.82) is 5.26 Å². The molecule has 3 aromatic rings. The number of hydrogen-bond acceptors (Lipinski definition) is 3. The highest BCUT2D eigenvalue weighted by atomic mass is 15.1. The monoisotopic (exact) mass is 337 g/mol. The van der Waals surface area contributed by atoms with Gasteiger partial charge in [0.05, 0.1) is 11.6 Å². The first-order chi connectivity index (χ1) is 12.7. The summed E-state index contributed by atoms with van der Waals surface area (Å²) in [4.78, 5) is 5.14. The minimum absolute atomic E-state index is 0.467. The zero-order valence-corrected chi connectivity index (χ0v) is 14.6. The van der Waals surface area contributed by atoms with Crippen LogP contribution in [0.5, 0.6) is 0 Å². The lowest BCUT2D eigenvalue weighted by Gasteiger charge is -2.27. The Labute approximate surface area is 153 Å². The van der Waals surface area contributed by atoms with Gasteiger partial charge in [0.1, 0.15) is 11.4 Å². The number of aliphatic imine (C=N–C) groups is 1. The number of hydrogen-bond donors (Lipinski definition) is 1. The molecule has 26 heavy (non-hydrogen) atoms. The molecule has 0 saturated carbocycles. The summed E-state index contributed by atoms with van der Waals surface area (Å²) < 4.78 is 0. The standard InChI is InChI=1S/C23H19N3/c1-17-7-5-12-21(13-17)23(20-10-3-2-4-11-20)16-25-22(26-23)19-9-6-8-18(14-19)15-24/h2-14H,16H2,1H3,(H,25,26). The van der Waals surface area contributed by atoms with Gasteiger partial charge in [-0.15, -0.1) is 0 Å². The molecule has 0 radical (unpaired) electrons. The van der Waals surface area contributed by atoms with Crippen molar-refractivity contribution in [2.75, 3.05) is 6.54 Å². The Balaban J connectivity index is 1.88. The highest BCUT2D eigenvalue weighted by Crippen LogP contribution is 2.37. The Hall–Kier alpha value is -3.38. The molecule has 1 aliphatic heterocycles. The van der Waals surface area contributed by atoms with Crippen LogP contribution in [0.3, 0.4) is 0 Å². The Morgan fingerprint density at radius 1 is 0.923 bits per heavy atom. The van der Waals surface area contributed by atoms with Crippen LogP contribution in [-0.2, 0) is 5.54 Å². The molecule has 1 atom stereocenters. The van der Waals surface area contributed by atoms with Crippen LogP contribution < -0.4 is 5.32 Å². The second-order valence-corrected chi connectivity index (χ2v) is 6.60. The summed E-state index contributed by atoms with van der Waals surface area (Å²) in [6, 6.07) is 28.7. The number of nitriles is 1. The first-order valence-electron chi connectivity index (χ1n) is 8.68. The molecule has 0 amide bonds. The zero-order valence-electron chi connectivity index (χ0n) is 14.6. The fourth-order valence-corrected chi connectivity index (χ4v) is 3.50. The van der Waals surface area contributed by atoms with Crippen LogP contribution >= 0.6 is 0 Å². The second-order valence-electron chi connectivity index (χ2n) is 6.60. The van der Waals surface area contributed by atoms with E-state index in [1.165, 1.54) is 11.1 Å². The van der Waals surface area contributed by atoms with Crippen molar-refractivity contribution in [1.82, 2.24) is 5.32 Å². The molecular formula is C23H19N3. The highest BCUT2D eigenvalue weighted by molar-refractivity contribution is 6.01. The highest BCUT2D eigenvalue weighted by Gasteiger charge is 2.38. The fraction of sp³-hybridized carbons (Fsp3) is 0.130. The van der Waals surface area contributed by atoms with Gasteiger partial charge in [-0.2, -0.15) is 5.26 Å². The van der Waals surface area contributed by atoms with Gasteiger partial charge in [0, 0.05) is 12.1 Å². The van der Waals surface area contributed by atoms with Gasteiger partial charge in [-0.25, -0.2) is 4.99 Å². The molecule has 0 bridgehead atoms. The summed E-state index contributed by atoms with van der Waals surface area (Å²) in [7, 11) is 0. The van der Waals surface area contributed by atoms with Crippen LogP contribution in [0.15, 0.2) is 83.9 Å². The van der Waals surface area contributed by atoms with Crippen molar-refractivity contribution in [2.45, 2.75) is 12.5 Å². The minimum Gasteiger partial charge on any atom is -0.367 e. The van der Waals surface area contributed by atoms with Crippen molar-refractivity contribution in [2.24, 2.45) is 4.99 Å². The maximum Gasteiger partial charge on any atom is 0.130 e. The molecule has 0 aliphatic carbocycles. The van der Waals surface area contributed by atoms with Crippen molar-refractivity contribution in [3.8, 4) is 6.07 Å². The SMILES string of the molecule is Cc1cccc(C2(c3ccccc3)CNC(c3cccc(C#N)c3)=N2)c1. The van der Waals surface area contributed by atoms with Crippen LogP contribution in [0.25, 0.3) is 0 Å². The van der Waals surface area contributed by atoms with E-state index in [4.69, 9.17) is 4.99 Å². The summed E-state index contributed by atoms with van der Waals surface area (Å²) in [6.07, 6.45) is 0. The molecule has 3 heteroatoms. The molecule has 1 N–H and O–H groups in total. The Morgan fingerprint density at radius 2 is 1.69 bits per heavy atom. The lowest BCUT2D eigenvalue weighted by Crippen LogP contribution is -2.31. The van der Waals surface area contributed by atoms with Gasteiger partial charge >= 0.3 is 0 Å². The number of nitrogens with zero attached hydrogens (tertiary/aromatic N) is 2. The Kier molecular flexibility index (Phi) is 4.02. The van der Waals surface area contributed by atoms with Crippen LogP contribution in [-0.4, -0.2) is 12.4 Å². The quantitative estimate of drug-likeness (QED) is 0.780. The molecular weight excluding hydrogens is 318 g/mol. The molecule has 4 rings (SSSR count). The van der Waals surface area contributed by atoms with Crippen LogP contribution in [0, 0.1) is 18.3 Å². The van der Waals surface area contributed by atoms with Crippen LogP contribution in [0.4, 0.5) is 0 Å². The lowest BCUT2D eigenvalue weighted by molar-refractivity contribution is 0.568. The molecule has 1 unspecified atom stereocenters. The zero-order chi connectivity index (χ0) is 18.0. The third-order valence-corrected chi connectivity index (χ3v) is 4.83. The Morgan fingerprint density at radius 3 is 2.46 bits per heavy atom. The van der Waals surface area contributed by atoms with E-state index in [-0.39, 0.29) is 0 Å². The van der Waals surface area contributed by atoms with Gasteiger partial charge in [0.25, 0.3) is 0 Å². The smallest absolute Gasteiger partial charge is 0.130 e. The number of benzene rings is 3. The summed E-state index contributed by atoms with van der Waals surface area (Å²) >= 11 is 0. The van der Waals surface area contributed by atoms with Gasteiger partial charge in [-0.1, -0.05) is 72.3 Å². The van der Waals surface area contributed by atoms with Gasteiger partial charge < -0.3 is 5.32 Å². The van der Waals surface area contributed by atoms with Gasteiger partial charge in [-0.05, 0) is 30.2 Å². The van der Waals surface area contributed by atoms with Crippen LogP contribution in [0.2, 0.25) is 0 Å². The molecule has 126 valence electrons. The van der Waals surface area contributed by atoms with E-state index in [1.807, 2.05) is 30.3 Å². The Bertz CT molecular complexity index is 1010. The first kappa shape index (κ1) is 16.1. The largest absolute Gasteiger partial charge is 0.367 e. The van der Waals surface area contributed by atoms with Gasteiger partial charge in [0.2, 0.25) is 0 Å². The van der Waals surface area contributed by atoms with E-state index in [1.54, 1.807) is 0 Å². The summed E-state index contributed by atoms with van der Waals surface area (Å²) in [6.45, 7) is 2.79. The summed E-state index contributed by atoms with van der Waals surface area (Å²) in [5.74, 6) is 0.826. The molecule has 0 spiro atoms. The predicted octanol–water partition coefficient (Wildman–Crippen LogP) is 4.16. The number of nitrogens with one attached hydrogen (secondary N) is 1. The minimum atomic E-state index is -0.467. The molecule has 0 aromatic heterocycles. The molecule has 0 saturated heterocycles. The van der Waals surface area contributed by atoms with Crippen LogP contribution in [0.1, 0.15) is 27.8 Å². The number of rotatable bonds is 3. The topological polar surface area (TPSA) is 48.2 Å². The maximum atomic E-state index is 9.18. The molecule has 0 fully saturated rings. The molecule has 1 aliphatic rings. The van der Waals surface area contributed by atoms with Gasteiger partial charge in [0.15, 0.2) is 0 Å². The van der Waals surface area contributed by atoms with Crippen molar-refractivity contribution in [3.05, 3.63) is 107 Å². The summed E-state index contributed by atoms with van der Waals surface area (Å²) in [5, 5.41) is 12.7. The van der Waals surface area contributed by atoms with E-state index in [9.17, 15) is 5.26 Å². The lowest BCUT2D eigenvalue weighted by atomic mass is 9.83. The normalized spacial score (nSPS) is 18.7. The summed E-state index contributed by atoms with van der Waals surface area (Å²) in [5.41, 5.74) is 4.65. The van der Waals surface area contributed by atoms with E-state index >= 15 is 0 Å². The van der Waals surface area contributed by atoms with E-state index in [2.05, 4.69) is 66.8 Å². The second kappa shape index (κ2) is 6.50. The van der Waals surface area contributed by atoms with E-state index in [0.717, 1.165) is 17.0 Å². The maximum absolute atomic E-state index is 9.18. The molecule has 3 nitrogen and oxygen atoms in total. The average Bonchev–Trinajstić information content (AvgIpc) is 3.15. The van der Waals surface area contributed by atoms with Crippen molar-refractivity contribution < 1.29 is 0 Å². The molecule has 3 aromatic carbocycles. The van der Waals surface area contributed by atoms with Crippen molar-refractivity contribution in [3.63, 3.8) is 0 Å². The third kappa shape index (κ3) is 2.76. The average molecular weight is 337 g/mol. The fourth-order valence-electron chi connectivity index (χ4n) is 3.50. The van der Waals surface area contributed by atoms with Gasteiger partial charge in [-0.3, -0.25) is 0 Å². The predicted molar refractivity (Wildman–Crippen MR) is 104 cm³/mol. The van der Waals surface area contributed by atoms with E-state index in [0.29, 0.717) is 12.1 Å². The van der Waals surface area contributed by atoms with E-state index < -0.39 is 5.54 Å². The van der Waals surface area contributed by atoms with Crippen molar-refractivity contribution >= 4 is 5.84 Å².